The summed E-state index contributed by atoms with van der Waals surface area (Å²) in [6.45, 7) is 7.59. The lowest BCUT2D eigenvalue weighted by molar-refractivity contribution is -0.149. The molecule has 0 fully saturated rings. The molecular formula is C28H39NO6S. The molecule has 0 saturated heterocycles. The van der Waals surface area contributed by atoms with Gasteiger partial charge in [-0.05, 0) is 55.9 Å². The smallest absolute Gasteiger partial charge is 0.415 e. The first kappa shape index (κ1) is 29.5. The Hall–Kier alpha value is -2.71. The molecule has 0 heterocycles. The quantitative estimate of drug-likeness (QED) is 0.264. The molecular weight excluding hydrogens is 478 g/mol. The van der Waals surface area contributed by atoms with E-state index in [9.17, 15) is 14.7 Å². The van der Waals surface area contributed by atoms with Gasteiger partial charge in [0, 0.05) is 25.3 Å². The van der Waals surface area contributed by atoms with Gasteiger partial charge in [0.25, 0.3) is 0 Å². The average molecular weight is 518 g/mol. The van der Waals surface area contributed by atoms with Gasteiger partial charge in [-0.2, -0.15) is 11.8 Å². The van der Waals surface area contributed by atoms with Gasteiger partial charge in [0.1, 0.15) is 18.1 Å². The lowest BCUT2D eigenvalue weighted by Gasteiger charge is -2.22. The largest absolute Gasteiger partial charge is 0.492 e. The standard InChI is InChI=1S/C28H39NO6S/c1-4-6-7-19-36-20-17-29(28(32)35-25-12-8-22(3)9-13-25)16-18-34-24-14-10-23(11-15-24)21-26(27(30)31)33-5-2/h8-15,26H,4-7,16-21H2,1-3H3,(H,30,31). The Morgan fingerprint density at radius 1 is 0.944 bits per heavy atom. The molecule has 8 heteroatoms. The Balaban J connectivity index is 1.88. The summed E-state index contributed by atoms with van der Waals surface area (Å²) >= 11 is 1.85. The van der Waals surface area contributed by atoms with Gasteiger partial charge in [-0.3, -0.25) is 0 Å². The number of carboxylic acid groups (broad SMARTS) is 1. The molecule has 198 valence electrons. The van der Waals surface area contributed by atoms with Gasteiger partial charge in [0.2, 0.25) is 0 Å². The van der Waals surface area contributed by atoms with Crippen molar-refractivity contribution in [1.82, 2.24) is 4.90 Å². The Kier molecular flexibility index (Phi) is 13.8. The third-order valence-corrected chi connectivity index (χ3v) is 6.55. The maximum Gasteiger partial charge on any atom is 0.415 e. The number of hydrogen-bond donors (Lipinski definition) is 1. The minimum atomic E-state index is -0.974. The van der Waals surface area contributed by atoms with Gasteiger partial charge in [0.05, 0.1) is 6.54 Å². The number of carboxylic acids is 1. The van der Waals surface area contributed by atoms with Crippen molar-refractivity contribution >= 4 is 23.8 Å². The van der Waals surface area contributed by atoms with Crippen molar-refractivity contribution in [2.75, 3.05) is 37.8 Å². The van der Waals surface area contributed by atoms with Crippen LogP contribution in [0.5, 0.6) is 11.5 Å². The average Bonchev–Trinajstić information content (AvgIpc) is 2.87. The normalized spacial score (nSPS) is 11.6. The highest BCUT2D eigenvalue weighted by molar-refractivity contribution is 7.99. The number of amides is 1. The number of ether oxygens (including phenoxy) is 3. The van der Waals surface area contributed by atoms with Crippen LogP contribution in [0, 0.1) is 6.92 Å². The fourth-order valence-electron chi connectivity index (χ4n) is 3.43. The van der Waals surface area contributed by atoms with E-state index in [-0.39, 0.29) is 12.5 Å². The number of hydrogen-bond acceptors (Lipinski definition) is 6. The van der Waals surface area contributed by atoms with E-state index in [1.54, 1.807) is 36.1 Å². The maximum atomic E-state index is 12.8. The number of thioether (sulfide) groups is 1. The van der Waals surface area contributed by atoms with Gasteiger partial charge >= 0.3 is 12.1 Å². The highest BCUT2D eigenvalue weighted by Crippen LogP contribution is 2.16. The molecule has 0 aliphatic rings. The van der Waals surface area contributed by atoms with Gasteiger partial charge < -0.3 is 24.2 Å². The van der Waals surface area contributed by atoms with E-state index >= 15 is 0 Å². The van der Waals surface area contributed by atoms with E-state index in [1.165, 1.54) is 19.3 Å². The molecule has 1 unspecified atom stereocenters. The van der Waals surface area contributed by atoms with Crippen molar-refractivity contribution in [2.45, 2.75) is 52.6 Å². The fourth-order valence-corrected chi connectivity index (χ4v) is 4.39. The summed E-state index contributed by atoms with van der Waals surface area (Å²) in [5, 5.41) is 9.26. The summed E-state index contributed by atoms with van der Waals surface area (Å²) in [6, 6.07) is 14.7. The zero-order valence-electron chi connectivity index (χ0n) is 21.6. The third-order valence-electron chi connectivity index (χ3n) is 5.50. The van der Waals surface area contributed by atoms with Crippen molar-refractivity contribution in [1.29, 1.82) is 0 Å². The SMILES string of the molecule is CCCCCSCCN(CCOc1ccc(CC(OCC)C(=O)O)cc1)C(=O)Oc1ccc(C)cc1. The van der Waals surface area contributed by atoms with Crippen molar-refractivity contribution in [3.8, 4) is 11.5 Å². The molecule has 0 bridgehead atoms. The van der Waals surface area contributed by atoms with Crippen molar-refractivity contribution in [2.24, 2.45) is 0 Å². The second-order valence-corrected chi connectivity index (χ2v) is 9.69. The number of rotatable bonds is 17. The molecule has 7 nitrogen and oxygen atoms in total. The molecule has 1 amide bonds. The molecule has 36 heavy (non-hydrogen) atoms. The highest BCUT2D eigenvalue weighted by Gasteiger charge is 2.18. The molecule has 0 saturated carbocycles. The van der Waals surface area contributed by atoms with Gasteiger partial charge in [-0.15, -0.1) is 0 Å². The van der Waals surface area contributed by atoms with Crippen molar-refractivity contribution < 1.29 is 28.9 Å². The van der Waals surface area contributed by atoms with E-state index in [4.69, 9.17) is 14.2 Å². The molecule has 0 spiro atoms. The number of unbranched alkanes of at least 4 members (excludes halogenated alkanes) is 2. The van der Waals surface area contributed by atoms with Crippen LogP contribution in [0.2, 0.25) is 0 Å². The van der Waals surface area contributed by atoms with Crippen molar-refractivity contribution in [3.05, 3.63) is 59.7 Å². The summed E-state index contributed by atoms with van der Waals surface area (Å²) < 4.78 is 16.7. The van der Waals surface area contributed by atoms with Crippen molar-refractivity contribution in [3.63, 3.8) is 0 Å². The second kappa shape index (κ2) is 16.9. The third kappa shape index (κ3) is 11.4. The first-order valence-electron chi connectivity index (χ1n) is 12.6. The summed E-state index contributed by atoms with van der Waals surface area (Å²) in [6.07, 6.45) is 2.64. The highest BCUT2D eigenvalue weighted by atomic mass is 32.2. The van der Waals surface area contributed by atoms with Crippen LogP contribution in [-0.2, 0) is 16.0 Å². The van der Waals surface area contributed by atoms with Crippen LogP contribution in [0.3, 0.4) is 0 Å². The van der Waals surface area contributed by atoms with Crippen LogP contribution in [0.25, 0.3) is 0 Å². The van der Waals surface area contributed by atoms with E-state index in [2.05, 4.69) is 6.92 Å². The summed E-state index contributed by atoms with van der Waals surface area (Å²) in [5.74, 6) is 2.13. The summed E-state index contributed by atoms with van der Waals surface area (Å²) in [5.41, 5.74) is 1.96. The lowest BCUT2D eigenvalue weighted by atomic mass is 10.1. The minimum Gasteiger partial charge on any atom is -0.492 e. The topological polar surface area (TPSA) is 85.3 Å². The van der Waals surface area contributed by atoms with Crippen LogP contribution >= 0.6 is 11.8 Å². The van der Waals surface area contributed by atoms with Crippen LogP contribution < -0.4 is 9.47 Å². The van der Waals surface area contributed by atoms with E-state index in [0.29, 0.717) is 37.8 Å². The van der Waals surface area contributed by atoms with Crippen LogP contribution in [0.15, 0.2) is 48.5 Å². The van der Waals surface area contributed by atoms with Crippen LogP contribution in [0.4, 0.5) is 4.79 Å². The minimum absolute atomic E-state index is 0.290. The number of aliphatic carboxylic acids is 1. The zero-order valence-corrected chi connectivity index (χ0v) is 22.4. The first-order chi connectivity index (χ1) is 17.4. The maximum absolute atomic E-state index is 12.8. The molecule has 0 aliphatic carbocycles. The molecule has 2 aromatic carbocycles. The van der Waals surface area contributed by atoms with E-state index < -0.39 is 12.1 Å². The Labute approximate surface area is 219 Å². The number of benzene rings is 2. The fraction of sp³-hybridized carbons (Fsp3) is 0.500. The Bertz CT molecular complexity index is 903. The Morgan fingerprint density at radius 3 is 2.28 bits per heavy atom. The number of aryl methyl sites for hydroxylation is 1. The number of carbonyl (C=O) groups excluding carboxylic acids is 1. The number of carbonyl (C=O) groups is 2. The van der Waals surface area contributed by atoms with E-state index in [1.807, 2.05) is 43.0 Å². The van der Waals surface area contributed by atoms with Gasteiger partial charge in [0.15, 0.2) is 6.10 Å². The van der Waals surface area contributed by atoms with E-state index in [0.717, 1.165) is 22.6 Å². The molecule has 2 rings (SSSR count). The molecule has 0 aromatic heterocycles. The Morgan fingerprint density at radius 2 is 1.64 bits per heavy atom. The summed E-state index contributed by atoms with van der Waals surface area (Å²) in [7, 11) is 0. The van der Waals surface area contributed by atoms with Crippen LogP contribution in [0.1, 0.15) is 44.2 Å². The molecule has 1 N–H and O–H groups in total. The zero-order chi connectivity index (χ0) is 26.2. The monoisotopic (exact) mass is 517 g/mol. The predicted octanol–water partition coefficient (Wildman–Crippen LogP) is 5.83. The predicted molar refractivity (Wildman–Crippen MR) is 144 cm³/mol. The number of nitrogens with zero attached hydrogens (tertiary/aromatic N) is 1. The van der Waals surface area contributed by atoms with Crippen LogP contribution in [-0.4, -0.2) is 66.0 Å². The molecule has 0 aliphatic heterocycles. The van der Waals surface area contributed by atoms with Gasteiger partial charge in [-0.1, -0.05) is 49.6 Å². The molecule has 0 radical (unpaired) electrons. The first-order valence-corrected chi connectivity index (χ1v) is 13.8. The second-order valence-electron chi connectivity index (χ2n) is 8.47. The van der Waals surface area contributed by atoms with Gasteiger partial charge in [-0.25, -0.2) is 9.59 Å². The molecule has 2 aromatic rings. The lowest BCUT2D eigenvalue weighted by Crippen LogP contribution is -2.38. The summed E-state index contributed by atoms with van der Waals surface area (Å²) in [4.78, 5) is 25.8. The molecule has 1 atom stereocenters.